The molecule has 12 rings (SSSR count). The van der Waals surface area contributed by atoms with E-state index in [1.165, 1.54) is 114 Å². The third-order valence-corrected chi connectivity index (χ3v) is 22.2. The summed E-state index contributed by atoms with van der Waals surface area (Å²) in [6, 6.07) is 0.620. The van der Waals surface area contributed by atoms with Crippen LogP contribution in [0.1, 0.15) is 96.3 Å². The number of nitrogens with zero attached hydrogens (tertiary/aromatic N) is 14. The minimum atomic E-state index is -3.35. The number of aromatic nitrogens is 4. The molecule has 8 fully saturated rings. The van der Waals surface area contributed by atoms with Gasteiger partial charge in [0, 0.05) is 123 Å². The number of sulfonamides is 1. The molecule has 4 aromatic rings. The van der Waals surface area contributed by atoms with Crippen LogP contribution in [0.2, 0.25) is 0 Å². The maximum atomic E-state index is 14.1. The van der Waals surface area contributed by atoms with Gasteiger partial charge in [0.1, 0.15) is 0 Å². The third kappa shape index (κ3) is 17.7. The summed E-state index contributed by atoms with van der Waals surface area (Å²) in [6.07, 6.45) is 26.5. The molecule has 0 bridgehead atoms. The Morgan fingerprint density at radius 1 is 0.461 bits per heavy atom. The molecule has 20 nitrogen and oxygen atoms in total. The zero-order chi connectivity index (χ0) is 63.2. The second-order valence-electron chi connectivity index (χ2n) is 25.9. The average Bonchev–Trinajstić information content (AvgIpc) is 1.51. The normalized spacial score (nSPS) is 21.5. The fraction of sp³-hybridized carbons (Fsp3) is 0.656. The Kier molecular flexibility index (Phi) is 24.1. The van der Waals surface area contributed by atoms with E-state index in [9.17, 15) is 26.0 Å². The molecule has 12 heterocycles. The molecule has 0 unspecified atom stereocenters. The number of nitrogen functional groups attached to an aromatic ring is 4. The molecule has 8 N–H and O–H groups in total. The van der Waals surface area contributed by atoms with Crippen molar-refractivity contribution >= 4 is 55.5 Å². The predicted molar refractivity (Wildman–Crippen MR) is 351 cm³/mol. The number of halogens is 4. The Morgan fingerprint density at radius 2 is 0.820 bits per heavy atom. The molecule has 8 aliphatic heterocycles. The molecule has 0 aromatic carbocycles. The van der Waals surface area contributed by atoms with E-state index in [0.29, 0.717) is 77.7 Å². The quantitative estimate of drug-likeness (QED) is 0.102. The van der Waals surface area contributed by atoms with E-state index in [1.807, 2.05) is 9.80 Å². The molecule has 8 aliphatic rings. The second kappa shape index (κ2) is 31.8. The highest BCUT2D eigenvalue weighted by Crippen LogP contribution is 2.36. The van der Waals surface area contributed by atoms with Gasteiger partial charge in [-0.1, -0.05) is 13.0 Å². The van der Waals surface area contributed by atoms with Crippen molar-refractivity contribution in [3.05, 3.63) is 85.1 Å². The van der Waals surface area contributed by atoms with Crippen LogP contribution in [0.4, 0.5) is 63.1 Å². The summed E-state index contributed by atoms with van der Waals surface area (Å²) in [6.45, 7) is 22.8. The zero-order valence-corrected chi connectivity index (χ0v) is 53.9. The van der Waals surface area contributed by atoms with Gasteiger partial charge in [-0.15, -0.1) is 0 Å². The lowest BCUT2D eigenvalue weighted by Crippen LogP contribution is -2.50. The summed E-state index contributed by atoms with van der Waals surface area (Å²) in [5.74, 6) is 0.0574. The van der Waals surface area contributed by atoms with Gasteiger partial charge in [-0.3, -0.25) is 19.9 Å². The zero-order valence-electron chi connectivity index (χ0n) is 53.1. The van der Waals surface area contributed by atoms with Crippen molar-refractivity contribution in [2.75, 3.05) is 188 Å². The van der Waals surface area contributed by atoms with E-state index in [-0.39, 0.29) is 29.2 Å². The van der Waals surface area contributed by atoms with E-state index >= 15 is 0 Å². The molecule has 0 radical (unpaired) electrons. The Labute approximate surface area is 526 Å². The first-order valence-electron chi connectivity index (χ1n) is 32.6. The molecule has 0 atom stereocenters. The molecular weight excluding hydrogens is 1160 g/mol. The van der Waals surface area contributed by atoms with Crippen LogP contribution < -0.4 is 42.5 Å². The molecule has 89 heavy (non-hydrogen) atoms. The molecule has 0 amide bonds. The molecule has 0 saturated carbocycles. The number of likely N-dealkylation sites (N-methyl/N-ethyl adjacent to an activating group) is 1. The van der Waals surface area contributed by atoms with Crippen LogP contribution in [0.3, 0.4) is 0 Å². The van der Waals surface area contributed by atoms with Crippen LogP contribution in [0.25, 0.3) is 0 Å². The summed E-state index contributed by atoms with van der Waals surface area (Å²) >= 11 is 0. The molecular formula is C64H100F4N18O2S. The SMILES string of the molecule is C=C1CCCN1C1CCN(c2c(N)cncc2F)CC1.CN1CCC(N(C)S(=O)(=O)C2CCN(c3c(N)cncc3F)CC2)CC1.CN1CCN(CC2CCN(c3c(N)cncc3F)CC2)CC1.Nc1cncc(F)c1N1CCC(CN2CCCCC2)CC1. The number of allylic oxidation sites excluding steroid dienone is 1. The Hall–Kier alpha value is -5.99. The fourth-order valence-corrected chi connectivity index (χ4v) is 16.4. The Bertz CT molecular complexity index is 2910. The van der Waals surface area contributed by atoms with Gasteiger partial charge in [0.2, 0.25) is 10.0 Å². The standard InChI is InChI=1S/C17H28FN5O2S.C16H26FN5.C16H25FN4.C15H21FN4/c1-21-7-3-13(4-8-21)22(2)26(24,25)14-5-9-23(10-6-14)17-15(18)11-20-12-16(17)19;1-20-6-8-21(9-7-20)12-13-2-4-22(5-3-13)16-14(17)10-19-11-15(16)18;17-14-10-19-11-15(18)16(14)21-8-4-13(5-9-21)12-20-6-2-1-3-7-20;1-11-3-2-6-20(11)12-4-7-19(8-5-12)15-13(16)9-18-10-14(15)17/h11-14H,3-10,19H2,1-2H3;10-11,13H,2-9,12,18H2,1H3;10-11,13H,1-9,12,18H2;9-10,12H,1-8,17H2. The monoisotopic (exact) mass is 1260 g/mol. The van der Waals surface area contributed by atoms with E-state index in [2.05, 4.69) is 74.9 Å². The molecule has 25 heteroatoms. The van der Waals surface area contributed by atoms with Gasteiger partial charge in [0.05, 0.1) is 100 Å². The summed E-state index contributed by atoms with van der Waals surface area (Å²) in [7, 11) is 2.60. The van der Waals surface area contributed by atoms with Crippen LogP contribution in [-0.4, -0.2) is 220 Å². The lowest BCUT2D eigenvalue weighted by atomic mass is 9.95. The highest BCUT2D eigenvalue weighted by atomic mass is 32.2. The summed E-state index contributed by atoms with van der Waals surface area (Å²) in [5.41, 5.74) is 28.3. The third-order valence-electron chi connectivity index (χ3n) is 19.8. The first kappa shape index (κ1) is 67.4. The average molecular weight is 1260 g/mol. The number of likely N-dealkylation sites (tertiary alicyclic amines) is 3. The number of rotatable bonds is 12. The number of piperidine rings is 6. The minimum absolute atomic E-state index is 0.0718. The lowest BCUT2D eigenvalue weighted by molar-refractivity contribution is 0.129. The lowest BCUT2D eigenvalue weighted by Gasteiger charge is -2.39. The van der Waals surface area contributed by atoms with Crippen LogP contribution >= 0.6 is 0 Å². The van der Waals surface area contributed by atoms with Crippen LogP contribution in [0.5, 0.6) is 0 Å². The van der Waals surface area contributed by atoms with Gasteiger partial charge in [-0.25, -0.2) is 30.3 Å². The fourth-order valence-electron chi connectivity index (χ4n) is 14.5. The number of hydrogen-bond acceptors (Lipinski definition) is 19. The number of nitrogens with two attached hydrogens (primary N) is 4. The van der Waals surface area contributed by atoms with Crippen molar-refractivity contribution in [1.82, 2.24) is 48.7 Å². The van der Waals surface area contributed by atoms with Crippen LogP contribution in [0, 0.1) is 35.1 Å². The van der Waals surface area contributed by atoms with Gasteiger partial charge < -0.3 is 67.0 Å². The van der Waals surface area contributed by atoms with E-state index in [0.717, 1.165) is 142 Å². The predicted octanol–water partition coefficient (Wildman–Crippen LogP) is 7.28. The molecule has 492 valence electrons. The van der Waals surface area contributed by atoms with Gasteiger partial charge in [0.25, 0.3) is 0 Å². The van der Waals surface area contributed by atoms with Crippen molar-refractivity contribution in [1.29, 1.82) is 0 Å². The number of hydrogen-bond donors (Lipinski definition) is 4. The molecule has 0 spiro atoms. The second-order valence-corrected chi connectivity index (χ2v) is 28.2. The Morgan fingerprint density at radius 3 is 1.19 bits per heavy atom. The van der Waals surface area contributed by atoms with E-state index < -0.39 is 21.1 Å². The van der Waals surface area contributed by atoms with Crippen LogP contribution in [0.15, 0.2) is 61.9 Å². The van der Waals surface area contributed by atoms with Gasteiger partial charge in [0.15, 0.2) is 23.3 Å². The Balaban J connectivity index is 0.000000142. The first-order valence-corrected chi connectivity index (χ1v) is 34.1. The molecule has 0 aliphatic carbocycles. The van der Waals surface area contributed by atoms with E-state index in [1.54, 1.807) is 11.4 Å². The van der Waals surface area contributed by atoms with Gasteiger partial charge >= 0.3 is 0 Å². The maximum absolute atomic E-state index is 14.1. The molecule has 4 aromatic heterocycles. The van der Waals surface area contributed by atoms with E-state index in [4.69, 9.17) is 22.9 Å². The van der Waals surface area contributed by atoms with Gasteiger partial charge in [-0.2, -0.15) is 0 Å². The number of piperazine rings is 1. The minimum Gasteiger partial charge on any atom is -0.396 e. The summed E-state index contributed by atoms with van der Waals surface area (Å²) in [5, 5.41) is -0.422. The highest BCUT2D eigenvalue weighted by molar-refractivity contribution is 7.89. The molecule has 8 saturated heterocycles. The highest BCUT2D eigenvalue weighted by Gasteiger charge is 2.38. The van der Waals surface area contributed by atoms with Crippen molar-refractivity contribution < 1.29 is 26.0 Å². The summed E-state index contributed by atoms with van der Waals surface area (Å²) in [4.78, 5) is 35.4. The van der Waals surface area contributed by atoms with Crippen molar-refractivity contribution in [3.8, 4) is 0 Å². The largest absolute Gasteiger partial charge is 0.396 e. The van der Waals surface area contributed by atoms with Crippen LogP contribution in [-0.2, 0) is 10.0 Å². The maximum Gasteiger partial charge on any atom is 0.217 e. The van der Waals surface area contributed by atoms with Crippen molar-refractivity contribution in [2.24, 2.45) is 11.8 Å². The number of anilines is 8. The smallest absolute Gasteiger partial charge is 0.217 e. The van der Waals surface area contributed by atoms with Crippen molar-refractivity contribution in [2.45, 2.75) is 114 Å². The van der Waals surface area contributed by atoms with Crippen molar-refractivity contribution in [3.63, 3.8) is 0 Å². The topological polar surface area (TPSA) is 222 Å². The van der Waals surface area contributed by atoms with Gasteiger partial charge in [-0.05, 0) is 142 Å². The number of pyridine rings is 4. The summed E-state index contributed by atoms with van der Waals surface area (Å²) < 4.78 is 83.4. The first-order chi connectivity index (χ1) is 42.8.